The van der Waals surface area contributed by atoms with Gasteiger partial charge in [0.1, 0.15) is 23.4 Å². The Labute approximate surface area is 129 Å². The zero-order chi connectivity index (χ0) is 16.4. The molecule has 0 atom stereocenters. The Morgan fingerprint density at radius 2 is 2.04 bits per heavy atom. The number of nitro benzene ring substituents is 1. The zero-order valence-electron chi connectivity index (χ0n) is 11.9. The number of halogens is 1. The number of fused-ring (bicyclic) bond motifs is 1. The summed E-state index contributed by atoms with van der Waals surface area (Å²) in [6, 6.07) is 8.51. The smallest absolute Gasteiger partial charge is 0.314 e. The van der Waals surface area contributed by atoms with Crippen LogP contribution in [0.4, 0.5) is 10.1 Å². The molecule has 1 heterocycles. The van der Waals surface area contributed by atoms with Gasteiger partial charge in [0.05, 0.1) is 23.5 Å². The van der Waals surface area contributed by atoms with E-state index in [-0.39, 0.29) is 28.6 Å². The molecule has 0 aliphatic heterocycles. The molecule has 3 rings (SSSR count). The highest BCUT2D eigenvalue weighted by Crippen LogP contribution is 2.34. The Hall–Kier alpha value is -3.29. The van der Waals surface area contributed by atoms with Crippen LogP contribution >= 0.6 is 0 Å². The molecule has 0 fully saturated rings. The fraction of sp³-hybridized carbons (Fsp3) is 0.0667. The van der Waals surface area contributed by atoms with Gasteiger partial charge in [-0.05, 0) is 24.3 Å². The second kappa shape index (κ2) is 5.84. The molecule has 0 saturated carbocycles. The van der Waals surface area contributed by atoms with Gasteiger partial charge in [-0.3, -0.25) is 10.1 Å². The number of nitro groups is 1. The second-order valence-corrected chi connectivity index (χ2v) is 4.51. The van der Waals surface area contributed by atoms with Crippen LogP contribution in [-0.4, -0.2) is 22.0 Å². The average Bonchev–Trinajstić information content (AvgIpc) is 2.56. The molecule has 0 spiro atoms. The maximum absolute atomic E-state index is 13.7. The molecule has 0 bridgehead atoms. The minimum Gasteiger partial charge on any atom is -0.490 e. The molecule has 116 valence electrons. The monoisotopic (exact) mass is 315 g/mol. The van der Waals surface area contributed by atoms with Crippen LogP contribution in [0.25, 0.3) is 10.9 Å². The molecule has 0 amide bonds. The molecule has 0 radical (unpaired) electrons. The summed E-state index contributed by atoms with van der Waals surface area (Å²) >= 11 is 0. The molecule has 0 unspecified atom stereocenters. The predicted molar refractivity (Wildman–Crippen MR) is 79.2 cm³/mol. The van der Waals surface area contributed by atoms with Gasteiger partial charge < -0.3 is 9.47 Å². The van der Waals surface area contributed by atoms with E-state index in [1.165, 1.54) is 43.8 Å². The summed E-state index contributed by atoms with van der Waals surface area (Å²) in [5.74, 6) is -0.105. The van der Waals surface area contributed by atoms with E-state index in [2.05, 4.69) is 9.97 Å². The highest BCUT2D eigenvalue weighted by atomic mass is 19.1. The summed E-state index contributed by atoms with van der Waals surface area (Å²) in [6.45, 7) is 0. The van der Waals surface area contributed by atoms with Crippen molar-refractivity contribution in [3.05, 3.63) is 58.7 Å². The Balaban J connectivity index is 2.04. The van der Waals surface area contributed by atoms with Crippen LogP contribution in [0.5, 0.6) is 17.4 Å². The van der Waals surface area contributed by atoms with Crippen molar-refractivity contribution < 1.29 is 18.8 Å². The van der Waals surface area contributed by atoms with Gasteiger partial charge in [-0.1, -0.05) is 6.07 Å². The first-order valence-electron chi connectivity index (χ1n) is 6.49. The summed E-state index contributed by atoms with van der Waals surface area (Å²) in [4.78, 5) is 18.3. The molecule has 2 aromatic carbocycles. The van der Waals surface area contributed by atoms with Crippen molar-refractivity contribution in [1.29, 1.82) is 0 Å². The van der Waals surface area contributed by atoms with Crippen LogP contribution in [0.15, 0.2) is 42.7 Å². The van der Waals surface area contributed by atoms with Crippen molar-refractivity contribution in [3.8, 4) is 17.4 Å². The Kier molecular flexibility index (Phi) is 3.71. The summed E-state index contributed by atoms with van der Waals surface area (Å²) in [5.41, 5.74) is -0.130. The SMILES string of the molecule is COc1ccc(Oc2ncnc3c(F)cccc23)cc1[N+](=O)[O-]. The number of hydrogen-bond donors (Lipinski definition) is 0. The van der Waals surface area contributed by atoms with E-state index in [9.17, 15) is 14.5 Å². The molecule has 0 aliphatic carbocycles. The van der Waals surface area contributed by atoms with Gasteiger partial charge in [0.15, 0.2) is 5.75 Å². The van der Waals surface area contributed by atoms with E-state index >= 15 is 0 Å². The molecular weight excluding hydrogens is 305 g/mol. The Morgan fingerprint density at radius 3 is 2.78 bits per heavy atom. The molecular formula is C15H10FN3O4. The van der Waals surface area contributed by atoms with Crippen molar-refractivity contribution in [2.24, 2.45) is 0 Å². The fourth-order valence-electron chi connectivity index (χ4n) is 2.10. The number of para-hydroxylation sites is 1. The third-order valence-electron chi connectivity index (χ3n) is 3.14. The molecule has 1 aromatic heterocycles. The largest absolute Gasteiger partial charge is 0.490 e. The summed E-state index contributed by atoms with van der Waals surface area (Å²) < 4.78 is 24.2. The molecule has 3 aromatic rings. The lowest BCUT2D eigenvalue weighted by Gasteiger charge is -2.08. The minimum atomic E-state index is -0.580. The predicted octanol–water partition coefficient (Wildman–Crippen LogP) is 3.48. The topological polar surface area (TPSA) is 87.4 Å². The zero-order valence-corrected chi connectivity index (χ0v) is 11.9. The van der Waals surface area contributed by atoms with Gasteiger partial charge in [0, 0.05) is 0 Å². The number of nitrogens with zero attached hydrogens (tertiary/aromatic N) is 3. The number of methoxy groups -OCH3 is 1. The Morgan fingerprint density at radius 1 is 1.22 bits per heavy atom. The van der Waals surface area contributed by atoms with E-state index < -0.39 is 10.7 Å². The lowest BCUT2D eigenvalue weighted by molar-refractivity contribution is -0.385. The van der Waals surface area contributed by atoms with E-state index in [1.54, 1.807) is 6.07 Å². The van der Waals surface area contributed by atoms with Crippen LogP contribution in [0.2, 0.25) is 0 Å². The summed E-state index contributed by atoms with van der Waals surface area (Å²) in [6.07, 6.45) is 1.17. The number of ether oxygens (including phenoxy) is 2. The van der Waals surface area contributed by atoms with Crippen LogP contribution in [0, 0.1) is 15.9 Å². The molecule has 0 N–H and O–H groups in total. The van der Waals surface area contributed by atoms with Crippen LogP contribution < -0.4 is 9.47 Å². The number of benzene rings is 2. The van der Waals surface area contributed by atoms with Gasteiger partial charge in [0.2, 0.25) is 5.88 Å². The molecule has 23 heavy (non-hydrogen) atoms. The number of aromatic nitrogens is 2. The van der Waals surface area contributed by atoms with Crippen molar-refractivity contribution in [2.75, 3.05) is 7.11 Å². The fourth-order valence-corrected chi connectivity index (χ4v) is 2.10. The van der Waals surface area contributed by atoms with Gasteiger partial charge in [-0.2, -0.15) is 0 Å². The molecule has 7 nitrogen and oxygen atoms in total. The highest BCUT2D eigenvalue weighted by molar-refractivity contribution is 5.83. The Bertz CT molecular complexity index is 901. The van der Waals surface area contributed by atoms with Gasteiger partial charge in [-0.25, -0.2) is 14.4 Å². The van der Waals surface area contributed by atoms with E-state index in [0.717, 1.165) is 0 Å². The first-order chi connectivity index (χ1) is 11.1. The standard InChI is InChI=1S/C15H10FN3O4/c1-22-13-6-5-9(7-12(13)19(20)21)23-15-10-3-2-4-11(16)14(10)17-8-18-15/h2-8H,1H3. The van der Waals surface area contributed by atoms with E-state index in [1.807, 2.05) is 0 Å². The average molecular weight is 315 g/mol. The first kappa shape index (κ1) is 14.6. The van der Waals surface area contributed by atoms with Crippen LogP contribution in [-0.2, 0) is 0 Å². The third kappa shape index (κ3) is 2.73. The van der Waals surface area contributed by atoms with Gasteiger partial charge >= 0.3 is 5.69 Å². The highest BCUT2D eigenvalue weighted by Gasteiger charge is 2.17. The van der Waals surface area contributed by atoms with Crippen LogP contribution in [0.3, 0.4) is 0 Å². The maximum Gasteiger partial charge on any atom is 0.314 e. The lowest BCUT2D eigenvalue weighted by Crippen LogP contribution is -1.96. The van der Waals surface area contributed by atoms with Crippen molar-refractivity contribution >= 4 is 16.6 Å². The van der Waals surface area contributed by atoms with E-state index in [0.29, 0.717) is 5.39 Å². The van der Waals surface area contributed by atoms with Gasteiger partial charge in [-0.15, -0.1) is 0 Å². The van der Waals surface area contributed by atoms with Crippen molar-refractivity contribution in [1.82, 2.24) is 9.97 Å². The summed E-state index contributed by atoms with van der Waals surface area (Å²) in [7, 11) is 1.34. The van der Waals surface area contributed by atoms with Crippen molar-refractivity contribution in [2.45, 2.75) is 0 Å². The first-order valence-corrected chi connectivity index (χ1v) is 6.49. The minimum absolute atomic E-state index is 0.106. The third-order valence-corrected chi connectivity index (χ3v) is 3.14. The molecule has 8 heteroatoms. The normalized spacial score (nSPS) is 10.5. The van der Waals surface area contributed by atoms with Crippen LogP contribution in [0.1, 0.15) is 0 Å². The van der Waals surface area contributed by atoms with Crippen molar-refractivity contribution in [3.63, 3.8) is 0 Å². The summed E-state index contributed by atoms with van der Waals surface area (Å²) in [5, 5.41) is 11.4. The quantitative estimate of drug-likeness (QED) is 0.541. The lowest BCUT2D eigenvalue weighted by atomic mass is 10.2. The molecule has 0 aliphatic rings. The van der Waals surface area contributed by atoms with E-state index in [4.69, 9.17) is 9.47 Å². The second-order valence-electron chi connectivity index (χ2n) is 4.51. The number of hydrogen-bond acceptors (Lipinski definition) is 6. The van der Waals surface area contributed by atoms with Gasteiger partial charge in [0.25, 0.3) is 0 Å². The maximum atomic E-state index is 13.7. The molecule has 0 saturated heterocycles. The number of rotatable bonds is 4.